The first kappa shape index (κ1) is 22.2. The molecule has 0 aromatic heterocycles. The highest BCUT2D eigenvalue weighted by molar-refractivity contribution is 6.03. The fourth-order valence-corrected chi connectivity index (χ4v) is 2.81. The molecule has 0 fully saturated rings. The van der Waals surface area contributed by atoms with Crippen LogP contribution < -0.4 is 0 Å². The molecule has 0 saturated heterocycles. The number of carbonyl (C=O) groups is 2. The molecule has 1 rings (SSSR count). The van der Waals surface area contributed by atoms with Crippen molar-refractivity contribution >= 4 is 11.9 Å². The highest BCUT2D eigenvalue weighted by Crippen LogP contribution is 2.21. The molecule has 0 aliphatic heterocycles. The Kier molecular flexibility index (Phi) is 10.0. The van der Waals surface area contributed by atoms with Crippen LogP contribution in [0.4, 0.5) is 0 Å². The van der Waals surface area contributed by atoms with Gasteiger partial charge in [0.1, 0.15) is 0 Å². The van der Waals surface area contributed by atoms with E-state index in [9.17, 15) is 9.59 Å². The van der Waals surface area contributed by atoms with E-state index in [1.165, 1.54) is 0 Å². The lowest BCUT2D eigenvalue weighted by atomic mass is 9.95. The zero-order valence-corrected chi connectivity index (χ0v) is 17.0. The van der Waals surface area contributed by atoms with Crippen molar-refractivity contribution in [1.82, 2.24) is 0 Å². The van der Waals surface area contributed by atoms with Crippen molar-refractivity contribution in [3.8, 4) is 0 Å². The van der Waals surface area contributed by atoms with E-state index in [4.69, 9.17) is 9.47 Å². The summed E-state index contributed by atoms with van der Waals surface area (Å²) in [7, 11) is 0. The molecule has 4 heteroatoms. The molecule has 0 aliphatic carbocycles. The standard InChI is InChI=1S/C22H34O4/c1-6-9-12-25-21(23)19-14-17(7-2)18(8-3)15-20(19)22(24)26-13-10-11-16(4)5/h14-16H,6-13H2,1-5H3. The molecule has 0 radical (unpaired) electrons. The van der Waals surface area contributed by atoms with E-state index in [0.717, 1.165) is 49.7 Å². The molecule has 0 aliphatic rings. The first-order chi connectivity index (χ1) is 12.4. The van der Waals surface area contributed by atoms with Gasteiger partial charge < -0.3 is 9.47 Å². The summed E-state index contributed by atoms with van der Waals surface area (Å²) < 4.78 is 10.8. The zero-order valence-electron chi connectivity index (χ0n) is 17.0. The lowest BCUT2D eigenvalue weighted by Gasteiger charge is -2.14. The van der Waals surface area contributed by atoms with Gasteiger partial charge in [-0.05, 0) is 61.3 Å². The minimum Gasteiger partial charge on any atom is -0.462 e. The minimum atomic E-state index is -0.440. The molecular formula is C22H34O4. The van der Waals surface area contributed by atoms with E-state index in [1.807, 2.05) is 20.8 Å². The van der Waals surface area contributed by atoms with Gasteiger partial charge in [0.05, 0.1) is 24.3 Å². The molecule has 0 spiro atoms. The molecule has 0 saturated carbocycles. The second-order valence-electron chi connectivity index (χ2n) is 7.04. The van der Waals surface area contributed by atoms with Crippen LogP contribution in [0, 0.1) is 5.92 Å². The van der Waals surface area contributed by atoms with Gasteiger partial charge in [0.2, 0.25) is 0 Å². The fourth-order valence-electron chi connectivity index (χ4n) is 2.81. The van der Waals surface area contributed by atoms with Gasteiger partial charge in [0.15, 0.2) is 0 Å². The Morgan fingerprint density at radius 1 is 0.846 bits per heavy atom. The third kappa shape index (κ3) is 6.81. The maximum absolute atomic E-state index is 12.6. The number of rotatable bonds is 11. The molecule has 0 bridgehead atoms. The van der Waals surface area contributed by atoms with Crippen molar-refractivity contribution in [2.24, 2.45) is 5.92 Å². The van der Waals surface area contributed by atoms with Crippen LogP contribution in [0.3, 0.4) is 0 Å². The van der Waals surface area contributed by atoms with Crippen LogP contribution in [-0.4, -0.2) is 25.2 Å². The van der Waals surface area contributed by atoms with Gasteiger partial charge >= 0.3 is 11.9 Å². The summed E-state index contributed by atoms with van der Waals surface area (Å²) in [6.07, 6.45) is 5.22. The van der Waals surface area contributed by atoms with Crippen molar-refractivity contribution in [2.45, 2.75) is 73.1 Å². The molecule has 1 aromatic rings. The summed E-state index contributed by atoms with van der Waals surface area (Å²) >= 11 is 0. The maximum atomic E-state index is 12.6. The van der Waals surface area contributed by atoms with E-state index < -0.39 is 11.9 Å². The van der Waals surface area contributed by atoms with Crippen molar-refractivity contribution in [3.63, 3.8) is 0 Å². The number of carbonyl (C=O) groups excluding carboxylic acids is 2. The van der Waals surface area contributed by atoms with Gasteiger partial charge in [-0.1, -0.05) is 41.0 Å². The van der Waals surface area contributed by atoms with Crippen LogP contribution in [0.2, 0.25) is 0 Å². The molecule has 0 unspecified atom stereocenters. The van der Waals surface area contributed by atoms with Crippen LogP contribution in [-0.2, 0) is 22.3 Å². The first-order valence-electron chi connectivity index (χ1n) is 9.94. The number of benzene rings is 1. The van der Waals surface area contributed by atoms with E-state index in [2.05, 4.69) is 13.8 Å². The van der Waals surface area contributed by atoms with Gasteiger partial charge in [-0.2, -0.15) is 0 Å². The molecule has 146 valence electrons. The number of hydrogen-bond acceptors (Lipinski definition) is 4. The lowest BCUT2D eigenvalue weighted by molar-refractivity contribution is 0.0449. The molecular weight excluding hydrogens is 328 g/mol. The van der Waals surface area contributed by atoms with Crippen molar-refractivity contribution in [3.05, 3.63) is 34.4 Å². The first-order valence-corrected chi connectivity index (χ1v) is 9.94. The molecule has 4 nitrogen and oxygen atoms in total. The van der Waals surface area contributed by atoms with Crippen molar-refractivity contribution in [1.29, 1.82) is 0 Å². The normalized spacial score (nSPS) is 10.8. The third-order valence-corrected chi connectivity index (χ3v) is 4.43. The number of aryl methyl sites for hydroxylation is 2. The van der Waals surface area contributed by atoms with Crippen LogP contribution in [0.25, 0.3) is 0 Å². The minimum absolute atomic E-state index is 0.323. The highest BCUT2D eigenvalue weighted by atomic mass is 16.5. The molecule has 0 N–H and O–H groups in total. The Bertz CT molecular complexity index is 590. The molecule has 0 atom stereocenters. The lowest BCUT2D eigenvalue weighted by Crippen LogP contribution is -2.17. The Labute approximate surface area is 158 Å². The average Bonchev–Trinajstić information content (AvgIpc) is 2.63. The van der Waals surface area contributed by atoms with Crippen molar-refractivity contribution < 1.29 is 19.1 Å². The highest BCUT2D eigenvalue weighted by Gasteiger charge is 2.22. The second kappa shape index (κ2) is 11.7. The Hall–Kier alpha value is -1.84. The number of hydrogen-bond donors (Lipinski definition) is 0. The SMILES string of the molecule is CCCCOC(=O)c1cc(CC)c(CC)cc1C(=O)OCCCC(C)C. The number of unbranched alkanes of at least 4 members (excludes halogenated alkanes) is 1. The monoisotopic (exact) mass is 362 g/mol. The number of ether oxygens (including phenoxy) is 2. The van der Waals surface area contributed by atoms with E-state index >= 15 is 0 Å². The third-order valence-electron chi connectivity index (χ3n) is 4.43. The summed E-state index contributed by atoms with van der Waals surface area (Å²) in [5.41, 5.74) is 2.80. The van der Waals surface area contributed by atoms with E-state index in [-0.39, 0.29) is 0 Å². The Morgan fingerprint density at radius 2 is 1.31 bits per heavy atom. The molecule has 0 heterocycles. The maximum Gasteiger partial charge on any atom is 0.339 e. The molecule has 0 amide bonds. The Balaban J connectivity index is 3.01. The predicted octanol–water partition coefficient (Wildman–Crippen LogP) is 5.36. The van der Waals surface area contributed by atoms with Crippen LogP contribution in [0.1, 0.15) is 92.1 Å². The summed E-state index contributed by atoms with van der Waals surface area (Å²) in [6.45, 7) is 11.2. The van der Waals surface area contributed by atoms with Crippen LogP contribution in [0.5, 0.6) is 0 Å². The largest absolute Gasteiger partial charge is 0.462 e. The summed E-state index contributed by atoms with van der Waals surface area (Å²) in [5, 5.41) is 0. The summed E-state index contributed by atoms with van der Waals surface area (Å²) in [6, 6.07) is 3.61. The van der Waals surface area contributed by atoms with Gasteiger partial charge in [-0.3, -0.25) is 0 Å². The number of esters is 2. The summed E-state index contributed by atoms with van der Waals surface area (Å²) in [5.74, 6) is -0.299. The molecule has 1 aromatic carbocycles. The second-order valence-corrected chi connectivity index (χ2v) is 7.04. The van der Waals surface area contributed by atoms with E-state index in [1.54, 1.807) is 12.1 Å². The van der Waals surface area contributed by atoms with E-state index in [0.29, 0.717) is 30.3 Å². The van der Waals surface area contributed by atoms with Gasteiger partial charge in [0.25, 0.3) is 0 Å². The molecule has 26 heavy (non-hydrogen) atoms. The van der Waals surface area contributed by atoms with Gasteiger partial charge in [-0.25, -0.2) is 9.59 Å². The fraction of sp³-hybridized carbons (Fsp3) is 0.636. The van der Waals surface area contributed by atoms with Crippen LogP contribution in [0.15, 0.2) is 12.1 Å². The topological polar surface area (TPSA) is 52.6 Å². The smallest absolute Gasteiger partial charge is 0.339 e. The quantitative estimate of drug-likeness (QED) is 0.393. The Morgan fingerprint density at radius 3 is 1.69 bits per heavy atom. The zero-order chi connectivity index (χ0) is 19.5. The average molecular weight is 363 g/mol. The van der Waals surface area contributed by atoms with Crippen LogP contribution >= 0.6 is 0 Å². The summed E-state index contributed by atoms with van der Waals surface area (Å²) in [4.78, 5) is 25.1. The van der Waals surface area contributed by atoms with Crippen molar-refractivity contribution in [2.75, 3.05) is 13.2 Å². The predicted molar refractivity (Wildman–Crippen MR) is 105 cm³/mol. The van der Waals surface area contributed by atoms with Gasteiger partial charge in [0, 0.05) is 0 Å². The van der Waals surface area contributed by atoms with Gasteiger partial charge in [-0.15, -0.1) is 0 Å².